The summed E-state index contributed by atoms with van der Waals surface area (Å²) >= 11 is 0. The van der Waals surface area contributed by atoms with Gasteiger partial charge in [-0.3, -0.25) is 4.79 Å². The first-order chi connectivity index (χ1) is 20.6. The third kappa shape index (κ3) is 6.81. The van der Waals surface area contributed by atoms with Crippen molar-refractivity contribution in [3.63, 3.8) is 0 Å². The van der Waals surface area contributed by atoms with Gasteiger partial charge in [0.05, 0.1) is 0 Å². The van der Waals surface area contributed by atoms with E-state index in [0.29, 0.717) is 30.0 Å². The number of ketones is 1. The van der Waals surface area contributed by atoms with Crippen LogP contribution < -0.4 is 0 Å². The van der Waals surface area contributed by atoms with Crippen LogP contribution in [0, 0.1) is 11.8 Å². The van der Waals surface area contributed by atoms with E-state index in [2.05, 4.69) is 6.92 Å². The molecule has 0 radical (unpaired) electrons. The van der Waals surface area contributed by atoms with E-state index in [-0.39, 0.29) is 12.3 Å². The van der Waals surface area contributed by atoms with Gasteiger partial charge in [-0.25, -0.2) is 0 Å². The Morgan fingerprint density at radius 1 is 0.565 bits per heavy atom. The number of benzene rings is 1. The standard InChI is InChI=1S/C28H29F17O/c1-2-3-4-5-16-6-8-17(9-7-16)10-11-18-12-14-19(15-13-18)20(46)21(29,30)22(31,32)23(33,34)24(35,36)25(37,38)26(39,40)27(41,42)28(43,44)45/h12-17H,2-11H2,1H3. The molecule has 1 aromatic rings. The van der Waals surface area contributed by atoms with Crippen LogP contribution in [0.4, 0.5) is 74.6 Å². The molecule has 18 heteroatoms. The topological polar surface area (TPSA) is 17.1 Å². The second-order valence-corrected chi connectivity index (χ2v) is 11.5. The lowest BCUT2D eigenvalue weighted by molar-refractivity contribution is -0.459. The van der Waals surface area contributed by atoms with E-state index in [1.165, 1.54) is 0 Å². The first-order valence-electron chi connectivity index (χ1n) is 14.0. The molecule has 1 aliphatic carbocycles. The predicted octanol–water partition coefficient (Wildman–Crippen LogP) is 11.2. The zero-order valence-corrected chi connectivity index (χ0v) is 23.9. The van der Waals surface area contributed by atoms with Gasteiger partial charge in [0, 0.05) is 5.56 Å². The summed E-state index contributed by atoms with van der Waals surface area (Å²) in [5.74, 6) is -60.5. The average molecular weight is 705 g/mol. The number of carbonyl (C=O) groups excluding carboxylic acids is 1. The summed E-state index contributed by atoms with van der Waals surface area (Å²) < 4.78 is 229. The Morgan fingerprint density at radius 3 is 1.37 bits per heavy atom. The summed E-state index contributed by atoms with van der Waals surface area (Å²) in [6, 6.07) is 2.60. The Kier molecular flexibility index (Phi) is 11.5. The molecule has 1 saturated carbocycles. The first-order valence-corrected chi connectivity index (χ1v) is 14.0. The summed E-state index contributed by atoms with van der Waals surface area (Å²) in [5.41, 5.74) is -1.22. The molecule has 0 aliphatic heterocycles. The molecule has 1 nitrogen and oxygen atoms in total. The molecule has 46 heavy (non-hydrogen) atoms. The quantitative estimate of drug-likeness (QED) is 0.101. The number of Topliss-reactive ketones (excluding diaryl/α,β-unsaturated/α-hetero) is 1. The number of aryl methyl sites for hydroxylation is 1. The summed E-state index contributed by atoms with van der Waals surface area (Å²) in [6.07, 6.45) is 1.23. The van der Waals surface area contributed by atoms with Crippen molar-refractivity contribution in [2.45, 2.75) is 119 Å². The summed E-state index contributed by atoms with van der Waals surface area (Å²) in [6.45, 7) is 2.08. The third-order valence-corrected chi connectivity index (χ3v) is 8.25. The lowest BCUT2D eigenvalue weighted by atomic mass is 9.78. The maximum Gasteiger partial charge on any atom is 0.460 e. The minimum Gasteiger partial charge on any atom is -0.287 e. The molecule has 266 valence electrons. The van der Waals surface area contributed by atoms with Gasteiger partial charge in [0.15, 0.2) is 0 Å². The smallest absolute Gasteiger partial charge is 0.287 e. The van der Waals surface area contributed by atoms with Gasteiger partial charge in [-0.05, 0) is 30.2 Å². The van der Waals surface area contributed by atoms with Gasteiger partial charge >= 0.3 is 47.6 Å². The number of hydrogen-bond acceptors (Lipinski definition) is 1. The van der Waals surface area contributed by atoms with E-state index in [1.54, 1.807) is 0 Å². The molecule has 1 fully saturated rings. The molecule has 0 aromatic heterocycles. The molecular formula is C28H29F17O. The van der Waals surface area contributed by atoms with Crippen molar-refractivity contribution in [1.29, 1.82) is 0 Å². The van der Waals surface area contributed by atoms with E-state index in [1.807, 2.05) is 0 Å². The van der Waals surface area contributed by atoms with E-state index in [0.717, 1.165) is 63.5 Å². The van der Waals surface area contributed by atoms with Crippen molar-refractivity contribution in [2.24, 2.45) is 11.8 Å². The second kappa shape index (κ2) is 13.3. The van der Waals surface area contributed by atoms with Gasteiger partial charge in [-0.2, -0.15) is 74.6 Å². The third-order valence-electron chi connectivity index (χ3n) is 8.25. The summed E-state index contributed by atoms with van der Waals surface area (Å²) in [7, 11) is 0. The van der Waals surface area contributed by atoms with Crippen LogP contribution in [0.15, 0.2) is 24.3 Å². The SMILES string of the molecule is CCCCCC1CCC(CCc2ccc(C(=O)C(F)(F)C(F)(F)C(F)(F)C(F)(F)C(F)(F)C(F)(F)C(F)(F)C(F)(F)F)cc2)CC1. The molecule has 0 N–H and O–H groups in total. The summed E-state index contributed by atoms with van der Waals surface area (Å²) in [4.78, 5) is 12.1. The Labute approximate surface area is 251 Å². The Balaban J connectivity index is 2.23. The Hall–Kier alpha value is -2.30. The molecule has 0 unspecified atom stereocenters. The zero-order valence-electron chi connectivity index (χ0n) is 23.9. The van der Waals surface area contributed by atoms with Crippen LogP contribution in [-0.4, -0.2) is 53.4 Å². The molecule has 0 saturated heterocycles. The maximum atomic E-state index is 14.4. The number of unbranched alkanes of at least 4 members (excludes halogenated alkanes) is 2. The molecular weight excluding hydrogens is 675 g/mol. The number of hydrogen-bond donors (Lipinski definition) is 0. The van der Waals surface area contributed by atoms with E-state index in [9.17, 15) is 79.4 Å². The van der Waals surface area contributed by atoms with Crippen LogP contribution in [0.2, 0.25) is 0 Å². The number of rotatable bonds is 15. The minimum absolute atomic E-state index is 0.275. The second-order valence-electron chi connectivity index (χ2n) is 11.5. The van der Waals surface area contributed by atoms with Gasteiger partial charge in [0.25, 0.3) is 0 Å². The van der Waals surface area contributed by atoms with Crippen molar-refractivity contribution in [3.8, 4) is 0 Å². The van der Waals surface area contributed by atoms with E-state index < -0.39 is 59.0 Å². The first kappa shape index (κ1) is 39.9. The monoisotopic (exact) mass is 704 g/mol. The van der Waals surface area contributed by atoms with Crippen LogP contribution in [0.1, 0.15) is 80.6 Å². The molecule has 1 aromatic carbocycles. The van der Waals surface area contributed by atoms with Crippen molar-refractivity contribution in [1.82, 2.24) is 0 Å². The highest BCUT2D eigenvalue weighted by atomic mass is 19.4. The van der Waals surface area contributed by atoms with Crippen molar-refractivity contribution < 1.29 is 79.4 Å². The van der Waals surface area contributed by atoms with Crippen molar-refractivity contribution in [3.05, 3.63) is 35.4 Å². The molecule has 0 heterocycles. The highest BCUT2D eigenvalue weighted by Crippen LogP contribution is 2.64. The normalized spacial score (nSPS) is 19.8. The molecule has 2 rings (SSSR count). The Morgan fingerprint density at radius 2 is 0.957 bits per heavy atom. The molecule has 0 amide bonds. The Bertz CT molecular complexity index is 1160. The van der Waals surface area contributed by atoms with Gasteiger partial charge < -0.3 is 0 Å². The number of alkyl halides is 17. The lowest BCUT2D eigenvalue weighted by Crippen LogP contribution is -2.75. The van der Waals surface area contributed by atoms with Crippen LogP contribution >= 0.6 is 0 Å². The van der Waals surface area contributed by atoms with Crippen molar-refractivity contribution in [2.75, 3.05) is 0 Å². The minimum atomic E-state index is -8.74. The van der Waals surface area contributed by atoms with Gasteiger partial charge in [-0.15, -0.1) is 0 Å². The lowest BCUT2D eigenvalue weighted by Gasteiger charge is -2.42. The van der Waals surface area contributed by atoms with Gasteiger partial charge in [-0.1, -0.05) is 82.6 Å². The fourth-order valence-corrected chi connectivity index (χ4v) is 5.17. The highest BCUT2D eigenvalue weighted by molar-refractivity contribution is 6.02. The largest absolute Gasteiger partial charge is 0.460 e. The number of halogens is 17. The number of carbonyl (C=O) groups is 1. The van der Waals surface area contributed by atoms with Crippen LogP contribution in [0.5, 0.6) is 0 Å². The van der Waals surface area contributed by atoms with Crippen LogP contribution in [0.3, 0.4) is 0 Å². The van der Waals surface area contributed by atoms with Gasteiger partial charge in [0.2, 0.25) is 5.78 Å². The highest BCUT2D eigenvalue weighted by Gasteiger charge is 2.95. The zero-order chi connectivity index (χ0) is 35.8. The predicted molar refractivity (Wildman–Crippen MR) is 129 cm³/mol. The maximum absolute atomic E-state index is 14.4. The fourth-order valence-electron chi connectivity index (χ4n) is 5.17. The molecule has 0 atom stereocenters. The average Bonchev–Trinajstić information content (AvgIpc) is 2.95. The summed E-state index contributed by atoms with van der Waals surface area (Å²) in [5, 5.41) is 0. The van der Waals surface area contributed by atoms with E-state index >= 15 is 0 Å². The van der Waals surface area contributed by atoms with Crippen molar-refractivity contribution >= 4 is 5.78 Å². The molecule has 0 spiro atoms. The van der Waals surface area contributed by atoms with E-state index in [4.69, 9.17) is 0 Å². The van der Waals surface area contributed by atoms with Crippen LogP contribution in [0.25, 0.3) is 0 Å². The van der Waals surface area contributed by atoms with Gasteiger partial charge in [0.1, 0.15) is 0 Å². The molecule has 1 aliphatic rings. The van der Waals surface area contributed by atoms with Crippen LogP contribution in [-0.2, 0) is 6.42 Å². The fraction of sp³-hybridized carbons (Fsp3) is 0.750. The molecule has 0 bridgehead atoms.